The average Bonchev–Trinajstić information content (AvgIpc) is 2.90. The second-order valence-electron chi connectivity index (χ2n) is 5.91. The smallest absolute Gasteiger partial charge is 0.191 e. The van der Waals surface area contributed by atoms with Gasteiger partial charge in [0.2, 0.25) is 0 Å². The van der Waals surface area contributed by atoms with Gasteiger partial charge in [0.05, 0.1) is 6.10 Å². The molecule has 1 fully saturated rings. The maximum Gasteiger partial charge on any atom is 0.191 e. The van der Waals surface area contributed by atoms with Gasteiger partial charge in [-0.05, 0) is 39.0 Å². The Bertz CT molecular complexity index is 273. The Balaban J connectivity index is 2.40. The van der Waals surface area contributed by atoms with E-state index >= 15 is 0 Å². The minimum atomic E-state index is 0.318. The Morgan fingerprint density at radius 2 is 1.95 bits per heavy atom. The lowest BCUT2D eigenvalue weighted by molar-refractivity contribution is 0.0266. The van der Waals surface area contributed by atoms with Crippen molar-refractivity contribution in [3.05, 3.63) is 0 Å². The fourth-order valence-electron chi connectivity index (χ4n) is 2.71. The molecule has 0 aliphatic heterocycles. The lowest BCUT2D eigenvalue weighted by atomic mass is 10.0. The molecule has 1 aliphatic rings. The lowest BCUT2D eigenvalue weighted by Crippen LogP contribution is -2.42. The van der Waals surface area contributed by atoms with E-state index in [2.05, 4.69) is 38.3 Å². The van der Waals surface area contributed by atoms with E-state index in [9.17, 15) is 0 Å². The molecule has 0 aromatic rings. The van der Waals surface area contributed by atoms with Gasteiger partial charge in [-0.1, -0.05) is 26.7 Å². The standard InChI is InChI=1S/C16H33N3O/c1-5-17-16(19-14-9-7-8-10-14)18-12-11-15(13(3)4)20-6-2/h13-15H,5-12H2,1-4H3,(H2,17,18,19). The molecule has 0 saturated heterocycles. The molecule has 0 aromatic heterocycles. The Kier molecular flexibility index (Phi) is 8.67. The summed E-state index contributed by atoms with van der Waals surface area (Å²) in [4.78, 5) is 4.70. The number of nitrogens with zero attached hydrogens (tertiary/aromatic N) is 1. The summed E-state index contributed by atoms with van der Waals surface area (Å²) in [5.74, 6) is 1.52. The van der Waals surface area contributed by atoms with Crippen LogP contribution in [0.15, 0.2) is 4.99 Å². The quantitative estimate of drug-likeness (QED) is 0.532. The third-order valence-corrected chi connectivity index (χ3v) is 3.85. The summed E-state index contributed by atoms with van der Waals surface area (Å²) >= 11 is 0. The second kappa shape index (κ2) is 10.0. The fourth-order valence-corrected chi connectivity index (χ4v) is 2.71. The number of guanidine groups is 1. The number of aliphatic imine (C=N–C) groups is 1. The van der Waals surface area contributed by atoms with Gasteiger partial charge in [0.25, 0.3) is 0 Å². The Hall–Kier alpha value is -0.770. The van der Waals surface area contributed by atoms with Crippen LogP contribution in [-0.4, -0.2) is 37.8 Å². The van der Waals surface area contributed by atoms with Gasteiger partial charge in [-0.3, -0.25) is 4.99 Å². The normalized spacial score (nSPS) is 18.6. The van der Waals surface area contributed by atoms with Crippen molar-refractivity contribution >= 4 is 5.96 Å². The molecule has 0 spiro atoms. The van der Waals surface area contributed by atoms with Gasteiger partial charge in [-0.2, -0.15) is 0 Å². The van der Waals surface area contributed by atoms with E-state index in [1.165, 1.54) is 25.7 Å². The largest absolute Gasteiger partial charge is 0.378 e. The zero-order chi connectivity index (χ0) is 14.8. The Morgan fingerprint density at radius 1 is 1.25 bits per heavy atom. The van der Waals surface area contributed by atoms with Gasteiger partial charge < -0.3 is 15.4 Å². The molecule has 20 heavy (non-hydrogen) atoms. The number of hydrogen-bond donors (Lipinski definition) is 2. The van der Waals surface area contributed by atoms with Crippen LogP contribution in [-0.2, 0) is 4.74 Å². The summed E-state index contributed by atoms with van der Waals surface area (Å²) in [6.07, 6.45) is 6.55. The summed E-state index contributed by atoms with van der Waals surface area (Å²) < 4.78 is 5.77. The van der Waals surface area contributed by atoms with Crippen LogP contribution in [0.5, 0.6) is 0 Å². The molecule has 1 unspecified atom stereocenters. The molecule has 0 bridgehead atoms. The van der Waals surface area contributed by atoms with E-state index in [4.69, 9.17) is 9.73 Å². The van der Waals surface area contributed by atoms with E-state index in [0.29, 0.717) is 18.1 Å². The van der Waals surface area contributed by atoms with Crippen LogP contribution >= 0.6 is 0 Å². The number of ether oxygens (including phenoxy) is 1. The highest BCUT2D eigenvalue weighted by Gasteiger charge is 2.16. The van der Waals surface area contributed by atoms with Gasteiger partial charge in [0.15, 0.2) is 5.96 Å². The predicted molar refractivity (Wildman–Crippen MR) is 86.2 cm³/mol. The first-order chi connectivity index (χ1) is 9.67. The highest BCUT2D eigenvalue weighted by molar-refractivity contribution is 5.80. The molecular weight excluding hydrogens is 250 g/mol. The Morgan fingerprint density at radius 3 is 2.50 bits per heavy atom. The topological polar surface area (TPSA) is 45.7 Å². The molecule has 0 aromatic carbocycles. The van der Waals surface area contributed by atoms with Crippen molar-refractivity contribution in [3.63, 3.8) is 0 Å². The second-order valence-corrected chi connectivity index (χ2v) is 5.91. The molecule has 1 saturated carbocycles. The van der Waals surface area contributed by atoms with E-state index < -0.39 is 0 Å². The lowest BCUT2D eigenvalue weighted by Gasteiger charge is -2.21. The molecule has 1 atom stereocenters. The zero-order valence-corrected chi connectivity index (χ0v) is 13.7. The van der Waals surface area contributed by atoms with Crippen LogP contribution in [0.2, 0.25) is 0 Å². The minimum absolute atomic E-state index is 0.318. The first kappa shape index (κ1) is 17.3. The molecule has 0 heterocycles. The van der Waals surface area contributed by atoms with Gasteiger partial charge in [-0.25, -0.2) is 0 Å². The van der Waals surface area contributed by atoms with Gasteiger partial charge in [0.1, 0.15) is 0 Å². The maximum absolute atomic E-state index is 5.77. The minimum Gasteiger partial charge on any atom is -0.378 e. The molecule has 118 valence electrons. The molecule has 1 rings (SSSR count). The van der Waals surface area contributed by atoms with Crippen molar-refractivity contribution in [2.24, 2.45) is 10.9 Å². The van der Waals surface area contributed by atoms with Crippen LogP contribution in [0.4, 0.5) is 0 Å². The van der Waals surface area contributed by atoms with E-state index in [-0.39, 0.29) is 0 Å². The summed E-state index contributed by atoms with van der Waals surface area (Å²) in [5.41, 5.74) is 0. The summed E-state index contributed by atoms with van der Waals surface area (Å²) in [7, 11) is 0. The molecule has 2 N–H and O–H groups in total. The highest BCUT2D eigenvalue weighted by atomic mass is 16.5. The molecular formula is C16H33N3O. The van der Waals surface area contributed by atoms with Gasteiger partial charge in [-0.15, -0.1) is 0 Å². The van der Waals surface area contributed by atoms with Crippen LogP contribution in [0.25, 0.3) is 0 Å². The van der Waals surface area contributed by atoms with Crippen molar-refractivity contribution in [3.8, 4) is 0 Å². The number of hydrogen-bond acceptors (Lipinski definition) is 2. The molecule has 0 amide bonds. The molecule has 4 nitrogen and oxygen atoms in total. The van der Waals surface area contributed by atoms with E-state index in [1.807, 2.05) is 0 Å². The predicted octanol–water partition coefficient (Wildman–Crippen LogP) is 2.94. The third kappa shape index (κ3) is 6.60. The zero-order valence-electron chi connectivity index (χ0n) is 13.7. The average molecular weight is 283 g/mol. The summed E-state index contributed by atoms with van der Waals surface area (Å²) in [6, 6.07) is 0.612. The summed E-state index contributed by atoms with van der Waals surface area (Å²) in [6.45, 7) is 11.1. The first-order valence-electron chi connectivity index (χ1n) is 8.33. The van der Waals surface area contributed by atoms with Crippen LogP contribution < -0.4 is 10.6 Å². The van der Waals surface area contributed by atoms with Crippen molar-refractivity contribution in [2.75, 3.05) is 19.7 Å². The van der Waals surface area contributed by atoms with Crippen molar-refractivity contribution in [1.29, 1.82) is 0 Å². The van der Waals surface area contributed by atoms with Crippen LogP contribution in [0.1, 0.15) is 59.8 Å². The third-order valence-electron chi connectivity index (χ3n) is 3.85. The molecule has 4 heteroatoms. The number of nitrogens with one attached hydrogen (secondary N) is 2. The van der Waals surface area contributed by atoms with Gasteiger partial charge >= 0.3 is 0 Å². The fraction of sp³-hybridized carbons (Fsp3) is 0.938. The van der Waals surface area contributed by atoms with Crippen LogP contribution in [0, 0.1) is 5.92 Å². The number of rotatable bonds is 8. The maximum atomic E-state index is 5.77. The van der Waals surface area contributed by atoms with Gasteiger partial charge in [0, 0.05) is 25.7 Å². The Labute approximate surface area is 124 Å². The SMILES string of the molecule is CCNC(=NCCC(OCC)C(C)C)NC1CCCC1. The monoisotopic (exact) mass is 283 g/mol. The molecule has 0 radical (unpaired) electrons. The summed E-state index contributed by atoms with van der Waals surface area (Å²) in [5, 5.41) is 6.89. The van der Waals surface area contributed by atoms with Crippen molar-refractivity contribution in [1.82, 2.24) is 10.6 Å². The van der Waals surface area contributed by atoms with Crippen molar-refractivity contribution < 1.29 is 4.74 Å². The van der Waals surface area contributed by atoms with E-state index in [1.54, 1.807) is 0 Å². The van der Waals surface area contributed by atoms with E-state index in [0.717, 1.165) is 32.1 Å². The molecule has 1 aliphatic carbocycles. The highest BCUT2D eigenvalue weighted by Crippen LogP contribution is 2.17. The van der Waals surface area contributed by atoms with Crippen molar-refractivity contribution in [2.45, 2.75) is 71.9 Å². The first-order valence-corrected chi connectivity index (χ1v) is 8.33. The van der Waals surface area contributed by atoms with Crippen LogP contribution in [0.3, 0.4) is 0 Å².